The van der Waals surface area contributed by atoms with Gasteiger partial charge in [-0.2, -0.15) is 0 Å². The zero-order chi connectivity index (χ0) is 13.3. The molecule has 0 radical (unpaired) electrons. The third kappa shape index (κ3) is 2.51. The van der Waals surface area contributed by atoms with Gasteiger partial charge < -0.3 is 4.90 Å². The van der Waals surface area contributed by atoms with Gasteiger partial charge in [0.05, 0.1) is 6.57 Å². The lowest BCUT2D eigenvalue weighted by Gasteiger charge is -2.43. The predicted octanol–water partition coefficient (Wildman–Crippen LogP) is 3.23. The Balaban J connectivity index is 2.26. The van der Waals surface area contributed by atoms with Gasteiger partial charge in [0.1, 0.15) is 0 Å². The molecule has 0 amide bonds. The molecule has 1 heterocycles. The lowest BCUT2D eigenvalue weighted by Crippen LogP contribution is -2.53. The van der Waals surface area contributed by atoms with Gasteiger partial charge in [-0.3, -0.25) is 4.67 Å². The van der Waals surface area contributed by atoms with Gasteiger partial charge in [0.15, 0.2) is 5.69 Å². The summed E-state index contributed by atoms with van der Waals surface area (Å²) in [6, 6.07) is 7.17. The summed E-state index contributed by atoms with van der Waals surface area (Å²) in [5.41, 5.74) is 3.05. The van der Waals surface area contributed by atoms with Crippen LogP contribution in [0, 0.1) is 13.5 Å². The zero-order valence-electron chi connectivity index (χ0n) is 11.2. The van der Waals surface area contributed by atoms with Crippen LogP contribution in [-0.2, 0) is 0 Å². The average molecular weight is 261 g/mol. The third-order valence-corrected chi connectivity index (χ3v) is 4.39. The average Bonchev–Trinajstić information content (AvgIpc) is 2.33. The van der Waals surface area contributed by atoms with E-state index in [0.717, 1.165) is 24.3 Å². The number of piperazine rings is 1. The summed E-state index contributed by atoms with van der Waals surface area (Å²) in [6.45, 7) is 15.7. The van der Waals surface area contributed by atoms with E-state index in [1.165, 1.54) is 5.69 Å². The van der Waals surface area contributed by atoms with Crippen LogP contribution in [0.4, 0.5) is 11.4 Å². The second-order valence-electron chi connectivity index (χ2n) is 5.13. The van der Waals surface area contributed by atoms with E-state index in [1.807, 2.05) is 13.0 Å². The van der Waals surface area contributed by atoms with Crippen LogP contribution in [0.25, 0.3) is 4.85 Å². The van der Waals surface area contributed by atoms with Crippen molar-refractivity contribution >= 4 is 20.8 Å². The van der Waals surface area contributed by atoms with Crippen molar-refractivity contribution in [2.75, 3.05) is 18.0 Å². The van der Waals surface area contributed by atoms with E-state index in [1.54, 1.807) is 0 Å². The SMILES string of the molecule is [C-]#[N+]c1ccc(N2C[C@@H](C)N(P)C[C@@H]2C)cc1C. The number of hydrogen-bond acceptors (Lipinski definition) is 2. The smallest absolute Gasteiger partial charge is 0.190 e. The van der Waals surface area contributed by atoms with Crippen molar-refractivity contribution in [3.8, 4) is 0 Å². The molecule has 0 aromatic heterocycles. The maximum atomic E-state index is 7.10. The molecular formula is C14H20N3P. The molecule has 0 bridgehead atoms. The first-order chi connectivity index (χ1) is 8.52. The van der Waals surface area contributed by atoms with Gasteiger partial charge in [-0.15, -0.1) is 0 Å². The van der Waals surface area contributed by atoms with E-state index < -0.39 is 0 Å². The second kappa shape index (κ2) is 5.26. The first kappa shape index (κ1) is 13.3. The summed E-state index contributed by atoms with van der Waals surface area (Å²) >= 11 is 0. The van der Waals surface area contributed by atoms with Gasteiger partial charge in [0.25, 0.3) is 0 Å². The summed E-state index contributed by atoms with van der Waals surface area (Å²) in [6.07, 6.45) is 0. The maximum absolute atomic E-state index is 7.10. The quantitative estimate of drug-likeness (QED) is 0.567. The molecule has 3 atom stereocenters. The summed E-state index contributed by atoms with van der Waals surface area (Å²) in [5, 5.41) is 0. The van der Waals surface area contributed by atoms with E-state index in [9.17, 15) is 0 Å². The number of aryl methyl sites for hydroxylation is 1. The fourth-order valence-electron chi connectivity index (χ4n) is 2.46. The van der Waals surface area contributed by atoms with Gasteiger partial charge in [-0.25, -0.2) is 4.85 Å². The minimum atomic E-state index is 0.497. The molecule has 0 saturated carbocycles. The molecule has 1 aromatic rings. The van der Waals surface area contributed by atoms with E-state index >= 15 is 0 Å². The highest BCUT2D eigenvalue weighted by Crippen LogP contribution is 2.29. The van der Waals surface area contributed by atoms with Gasteiger partial charge >= 0.3 is 0 Å². The summed E-state index contributed by atoms with van der Waals surface area (Å²) in [5.74, 6) is 0. The molecule has 1 aliphatic heterocycles. The Morgan fingerprint density at radius 2 is 2.00 bits per heavy atom. The van der Waals surface area contributed by atoms with Crippen LogP contribution < -0.4 is 4.90 Å². The van der Waals surface area contributed by atoms with Crippen molar-refractivity contribution in [3.63, 3.8) is 0 Å². The minimum Gasteiger partial charge on any atom is -0.366 e. The van der Waals surface area contributed by atoms with Crippen molar-refractivity contribution < 1.29 is 0 Å². The molecule has 96 valence electrons. The highest BCUT2D eigenvalue weighted by molar-refractivity contribution is 7.13. The third-order valence-electron chi connectivity index (χ3n) is 3.67. The van der Waals surface area contributed by atoms with Gasteiger partial charge in [-0.1, -0.05) is 15.5 Å². The number of rotatable bonds is 1. The molecule has 3 nitrogen and oxygen atoms in total. The van der Waals surface area contributed by atoms with Crippen molar-refractivity contribution in [2.24, 2.45) is 0 Å². The lowest BCUT2D eigenvalue weighted by atomic mass is 10.1. The molecular weight excluding hydrogens is 241 g/mol. The monoisotopic (exact) mass is 261 g/mol. The summed E-state index contributed by atoms with van der Waals surface area (Å²) < 4.78 is 2.32. The molecule has 1 aliphatic rings. The van der Waals surface area contributed by atoms with Crippen molar-refractivity contribution in [2.45, 2.75) is 32.9 Å². The first-order valence-electron chi connectivity index (χ1n) is 6.29. The van der Waals surface area contributed by atoms with E-state index in [2.05, 4.69) is 49.8 Å². The number of benzene rings is 1. The molecule has 1 unspecified atom stereocenters. The highest BCUT2D eigenvalue weighted by Gasteiger charge is 2.26. The van der Waals surface area contributed by atoms with Gasteiger partial charge in [-0.05, 0) is 38.5 Å². The fraction of sp³-hybridized carbons (Fsp3) is 0.500. The normalized spacial score (nSPS) is 24.9. The Morgan fingerprint density at radius 3 is 2.61 bits per heavy atom. The standard InChI is InChI=1S/C14H20N3P/c1-10-7-13(5-6-14(10)15-4)16-8-12(3)17(18)9-11(16)2/h5-7,11-12H,8-9,18H2,1-3H3/t11-,12+/m0/s1. The van der Waals surface area contributed by atoms with E-state index in [-0.39, 0.29) is 0 Å². The Kier molecular flexibility index (Phi) is 3.90. The number of anilines is 1. The minimum absolute atomic E-state index is 0.497. The molecule has 0 N–H and O–H groups in total. The maximum Gasteiger partial charge on any atom is 0.190 e. The number of hydrogen-bond donors (Lipinski definition) is 0. The molecule has 1 aromatic carbocycles. The van der Waals surface area contributed by atoms with Crippen LogP contribution in [0.1, 0.15) is 19.4 Å². The van der Waals surface area contributed by atoms with Crippen LogP contribution in [-0.4, -0.2) is 29.8 Å². The molecule has 1 fully saturated rings. The zero-order valence-corrected chi connectivity index (χ0v) is 12.4. The van der Waals surface area contributed by atoms with Crippen LogP contribution in [0.3, 0.4) is 0 Å². The predicted molar refractivity (Wildman–Crippen MR) is 80.1 cm³/mol. The molecule has 0 aliphatic carbocycles. The van der Waals surface area contributed by atoms with Crippen LogP contribution >= 0.6 is 9.39 Å². The van der Waals surface area contributed by atoms with E-state index in [4.69, 9.17) is 6.57 Å². The van der Waals surface area contributed by atoms with Crippen LogP contribution in [0.2, 0.25) is 0 Å². The molecule has 1 saturated heterocycles. The van der Waals surface area contributed by atoms with Crippen molar-refractivity contribution in [1.29, 1.82) is 0 Å². The summed E-state index contributed by atoms with van der Waals surface area (Å²) in [7, 11) is 2.81. The van der Waals surface area contributed by atoms with Gasteiger partial charge in [0.2, 0.25) is 0 Å². The topological polar surface area (TPSA) is 10.8 Å². The Morgan fingerprint density at radius 1 is 1.28 bits per heavy atom. The first-order valence-corrected chi connectivity index (χ1v) is 6.80. The molecule has 0 spiro atoms. The highest BCUT2D eigenvalue weighted by atomic mass is 31.0. The number of nitrogens with zero attached hydrogens (tertiary/aromatic N) is 3. The largest absolute Gasteiger partial charge is 0.366 e. The Bertz CT molecular complexity index is 480. The van der Waals surface area contributed by atoms with Crippen LogP contribution in [0.5, 0.6) is 0 Å². The second-order valence-corrected chi connectivity index (χ2v) is 5.79. The van der Waals surface area contributed by atoms with Crippen LogP contribution in [0.15, 0.2) is 18.2 Å². The summed E-state index contributed by atoms with van der Waals surface area (Å²) in [4.78, 5) is 5.96. The fourth-order valence-corrected chi connectivity index (χ4v) is 2.86. The Hall–Kier alpha value is -1.10. The van der Waals surface area contributed by atoms with Crippen molar-refractivity contribution in [3.05, 3.63) is 35.2 Å². The Labute approximate surface area is 112 Å². The van der Waals surface area contributed by atoms with Crippen molar-refractivity contribution in [1.82, 2.24) is 4.67 Å². The molecule has 18 heavy (non-hydrogen) atoms. The van der Waals surface area contributed by atoms with E-state index in [0.29, 0.717) is 12.1 Å². The molecule has 4 heteroatoms. The lowest BCUT2D eigenvalue weighted by molar-refractivity contribution is 0.296. The molecule has 2 rings (SSSR count). The van der Waals surface area contributed by atoms with Gasteiger partial charge in [0, 0.05) is 30.9 Å².